The summed E-state index contributed by atoms with van der Waals surface area (Å²) in [6.45, 7) is 16.4. The zero-order valence-electron chi connectivity index (χ0n) is 19.4. The van der Waals surface area contributed by atoms with E-state index in [9.17, 15) is 4.79 Å². The highest BCUT2D eigenvalue weighted by Gasteiger charge is 2.25. The molecular weight excluding hydrogens is 356 g/mol. The third-order valence-electron chi connectivity index (χ3n) is 6.36. The second-order valence-electron chi connectivity index (χ2n) is 10.9. The number of carbonyl (C=O) groups excluding carboxylic acids is 1. The summed E-state index contributed by atoms with van der Waals surface area (Å²) in [6.07, 6.45) is 7.63. The number of aldehydes is 1. The molecule has 3 heteroatoms. The number of nitrogens with zero attached hydrogens (tertiary/aromatic N) is 2. The van der Waals surface area contributed by atoms with Crippen molar-refractivity contribution in [2.45, 2.75) is 97.9 Å². The van der Waals surface area contributed by atoms with Gasteiger partial charge in [-0.2, -0.15) is 0 Å². The lowest BCUT2D eigenvalue weighted by Gasteiger charge is -2.26. The van der Waals surface area contributed by atoms with E-state index < -0.39 is 0 Å². The van der Waals surface area contributed by atoms with E-state index in [1.807, 2.05) is 0 Å². The van der Waals surface area contributed by atoms with Gasteiger partial charge in [0.05, 0.1) is 0 Å². The second kappa shape index (κ2) is 8.08. The molecular formula is C26H38N2O. The summed E-state index contributed by atoms with van der Waals surface area (Å²) < 4.78 is 2.40. The molecule has 158 valence electrons. The standard InChI is InChI=1S/C26H38N2O/c1-18-21(17-29)13-22(28(18)16-19-11-9-8-10-12-19)20-14-23(25(2,3)4)27-24(15-20)26(5,6)7/h13-15,17,19H,8-12,16H2,1-7H3. The average Bonchev–Trinajstić information content (AvgIpc) is 2.97. The molecule has 3 nitrogen and oxygen atoms in total. The molecule has 0 bridgehead atoms. The highest BCUT2D eigenvalue weighted by atomic mass is 16.1. The van der Waals surface area contributed by atoms with E-state index in [-0.39, 0.29) is 10.8 Å². The molecule has 0 spiro atoms. The Labute approximate surface area is 176 Å². The van der Waals surface area contributed by atoms with E-state index in [0.717, 1.165) is 41.2 Å². The van der Waals surface area contributed by atoms with Gasteiger partial charge in [-0.25, -0.2) is 0 Å². The fraction of sp³-hybridized carbons (Fsp3) is 0.615. The fourth-order valence-corrected chi connectivity index (χ4v) is 4.33. The average molecular weight is 395 g/mol. The Morgan fingerprint density at radius 3 is 2.00 bits per heavy atom. The first-order chi connectivity index (χ1) is 13.5. The number of hydrogen-bond acceptors (Lipinski definition) is 2. The minimum absolute atomic E-state index is 0.0284. The molecule has 0 amide bonds. The van der Waals surface area contributed by atoms with Crippen molar-refractivity contribution in [2.24, 2.45) is 5.92 Å². The van der Waals surface area contributed by atoms with Gasteiger partial charge in [-0.05, 0) is 43.9 Å². The largest absolute Gasteiger partial charge is 0.344 e. The van der Waals surface area contributed by atoms with Gasteiger partial charge in [-0.1, -0.05) is 60.8 Å². The van der Waals surface area contributed by atoms with Crippen molar-refractivity contribution in [3.63, 3.8) is 0 Å². The highest BCUT2D eigenvalue weighted by Crippen LogP contribution is 2.35. The maximum atomic E-state index is 11.7. The number of pyridine rings is 1. The van der Waals surface area contributed by atoms with Crippen LogP contribution in [0.4, 0.5) is 0 Å². The van der Waals surface area contributed by atoms with Crippen molar-refractivity contribution in [1.29, 1.82) is 0 Å². The van der Waals surface area contributed by atoms with Crippen LogP contribution >= 0.6 is 0 Å². The van der Waals surface area contributed by atoms with Gasteiger partial charge in [0.1, 0.15) is 0 Å². The van der Waals surface area contributed by atoms with Gasteiger partial charge in [0.25, 0.3) is 0 Å². The van der Waals surface area contributed by atoms with Crippen LogP contribution in [0.2, 0.25) is 0 Å². The Balaban J connectivity index is 2.15. The normalized spacial score (nSPS) is 16.2. The Bertz CT molecular complexity index is 839. The van der Waals surface area contributed by atoms with Gasteiger partial charge >= 0.3 is 0 Å². The number of carbonyl (C=O) groups is 1. The van der Waals surface area contributed by atoms with E-state index in [1.54, 1.807) is 0 Å². The van der Waals surface area contributed by atoms with Gasteiger partial charge in [0.2, 0.25) is 0 Å². The van der Waals surface area contributed by atoms with Crippen LogP contribution in [-0.4, -0.2) is 15.8 Å². The van der Waals surface area contributed by atoms with Crippen LogP contribution in [0.15, 0.2) is 18.2 Å². The minimum atomic E-state index is -0.0284. The summed E-state index contributed by atoms with van der Waals surface area (Å²) in [5, 5.41) is 0. The predicted octanol–water partition coefficient (Wildman–Crippen LogP) is 6.85. The summed E-state index contributed by atoms with van der Waals surface area (Å²) in [6, 6.07) is 6.55. The Hall–Kier alpha value is -1.90. The minimum Gasteiger partial charge on any atom is -0.344 e. The van der Waals surface area contributed by atoms with Crippen LogP contribution in [-0.2, 0) is 17.4 Å². The molecule has 29 heavy (non-hydrogen) atoms. The monoisotopic (exact) mass is 394 g/mol. The summed E-state index contributed by atoms with van der Waals surface area (Å²) in [5.74, 6) is 0.708. The van der Waals surface area contributed by atoms with Crippen molar-refractivity contribution in [2.75, 3.05) is 0 Å². The molecule has 1 fully saturated rings. The first-order valence-corrected chi connectivity index (χ1v) is 11.2. The molecule has 1 saturated carbocycles. The van der Waals surface area contributed by atoms with E-state index in [0.29, 0.717) is 5.92 Å². The van der Waals surface area contributed by atoms with Gasteiger partial charge in [-0.3, -0.25) is 9.78 Å². The molecule has 0 N–H and O–H groups in total. The lowest BCUT2D eigenvalue weighted by atomic mass is 9.86. The number of aromatic nitrogens is 2. The van der Waals surface area contributed by atoms with Crippen molar-refractivity contribution >= 4 is 6.29 Å². The molecule has 2 heterocycles. The van der Waals surface area contributed by atoms with Crippen LogP contribution in [0.5, 0.6) is 0 Å². The molecule has 0 aromatic carbocycles. The second-order valence-corrected chi connectivity index (χ2v) is 10.9. The Morgan fingerprint density at radius 2 is 1.52 bits per heavy atom. The fourth-order valence-electron chi connectivity index (χ4n) is 4.33. The van der Waals surface area contributed by atoms with Crippen molar-refractivity contribution in [3.8, 4) is 11.3 Å². The molecule has 2 aromatic rings. The zero-order valence-corrected chi connectivity index (χ0v) is 19.4. The van der Waals surface area contributed by atoms with Gasteiger partial charge < -0.3 is 4.57 Å². The molecule has 1 aliphatic rings. The Morgan fingerprint density at radius 1 is 0.966 bits per heavy atom. The van der Waals surface area contributed by atoms with E-state index in [4.69, 9.17) is 4.98 Å². The van der Waals surface area contributed by atoms with Crippen LogP contribution in [0.1, 0.15) is 101 Å². The van der Waals surface area contributed by atoms with Gasteiger partial charge in [-0.15, -0.1) is 0 Å². The van der Waals surface area contributed by atoms with Crippen LogP contribution in [0, 0.1) is 12.8 Å². The first-order valence-electron chi connectivity index (χ1n) is 11.2. The molecule has 0 radical (unpaired) electrons. The van der Waals surface area contributed by atoms with Crippen molar-refractivity contribution < 1.29 is 4.79 Å². The molecule has 0 unspecified atom stereocenters. The SMILES string of the molecule is Cc1c(C=O)cc(-c2cc(C(C)(C)C)nc(C(C)(C)C)c2)n1CC1CCCCC1. The summed E-state index contributed by atoms with van der Waals surface area (Å²) in [7, 11) is 0. The third kappa shape index (κ3) is 4.82. The van der Waals surface area contributed by atoms with Crippen LogP contribution in [0.25, 0.3) is 11.3 Å². The van der Waals surface area contributed by atoms with Crippen LogP contribution in [0.3, 0.4) is 0 Å². The van der Waals surface area contributed by atoms with E-state index in [1.165, 1.54) is 37.7 Å². The number of hydrogen-bond donors (Lipinski definition) is 0. The van der Waals surface area contributed by atoms with Crippen LogP contribution < -0.4 is 0 Å². The quantitative estimate of drug-likeness (QED) is 0.532. The maximum Gasteiger partial charge on any atom is 0.151 e. The van der Waals surface area contributed by atoms with E-state index in [2.05, 4.69) is 71.2 Å². The summed E-state index contributed by atoms with van der Waals surface area (Å²) >= 11 is 0. The molecule has 2 aromatic heterocycles. The van der Waals surface area contributed by atoms with Gasteiger partial charge in [0, 0.05) is 51.3 Å². The molecule has 0 aliphatic heterocycles. The van der Waals surface area contributed by atoms with Gasteiger partial charge in [0.15, 0.2) is 6.29 Å². The summed E-state index contributed by atoms with van der Waals surface area (Å²) in [4.78, 5) is 16.8. The molecule has 0 atom stereocenters. The zero-order chi connectivity index (χ0) is 21.4. The maximum absolute atomic E-state index is 11.7. The van der Waals surface area contributed by atoms with Crippen molar-refractivity contribution in [3.05, 3.63) is 40.8 Å². The smallest absolute Gasteiger partial charge is 0.151 e. The predicted molar refractivity (Wildman–Crippen MR) is 122 cm³/mol. The topological polar surface area (TPSA) is 34.9 Å². The lowest BCUT2D eigenvalue weighted by molar-refractivity contribution is 0.112. The third-order valence-corrected chi connectivity index (χ3v) is 6.36. The first kappa shape index (κ1) is 21.8. The number of rotatable bonds is 4. The molecule has 0 saturated heterocycles. The highest BCUT2D eigenvalue weighted by molar-refractivity contribution is 5.81. The molecule has 1 aliphatic carbocycles. The summed E-state index contributed by atoms with van der Waals surface area (Å²) in [5.41, 5.74) is 6.40. The molecule has 3 rings (SSSR count). The lowest BCUT2D eigenvalue weighted by Crippen LogP contribution is -2.20. The Kier molecular flexibility index (Phi) is 6.08. The van der Waals surface area contributed by atoms with Crippen molar-refractivity contribution in [1.82, 2.24) is 9.55 Å². The van der Waals surface area contributed by atoms with E-state index >= 15 is 0 Å².